The van der Waals surface area contributed by atoms with Crippen LogP contribution in [-0.4, -0.2) is 24.6 Å². The summed E-state index contributed by atoms with van der Waals surface area (Å²) < 4.78 is 10.6. The predicted molar refractivity (Wildman–Crippen MR) is 96.2 cm³/mol. The third kappa shape index (κ3) is 11.8. The van der Waals surface area contributed by atoms with Crippen LogP contribution in [0.25, 0.3) is 0 Å². The van der Waals surface area contributed by atoms with Gasteiger partial charge in [-0.15, -0.1) is 0 Å². The molecule has 136 valence electrons. The normalized spacial score (nSPS) is 12.8. The molecule has 4 nitrogen and oxygen atoms in total. The van der Waals surface area contributed by atoms with Crippen LogP contribution < -0.4 is 0 Å². The van der Waals surface area contributed by atoms with E-state index in [-0.39, 0.29) is 30.7 Å². The first kappa shape index (κ1) is 22.2. The Bertz CT molecular complexity index is 468. The van der Waals surface area contributed by atoms with Crippen molar-refractivity contribution in [3.05, 3.63) is 12.2 Å². The third-order valence-corrected chi connectivity index (χ3v) is 3.29. The maximum Gasteiger partial charge on any atom is 0.307 e. The van der Waals surface area contributed by atoms with Crippen LogP contribution in [0.2, 0.25) is 0 Å². The van der Waals surface area contributed by atoms with Crippen molar-refractivity contribution in [1.29, 1.82) is 0 Å². The van der Waals surface area contributed by atoms with E-state index in [1.54, 1.807) is 0 Å². The summed E-state index contributed by atoms with van der Waals surface area (Å²) in [7, 11) is 0. The molecule has 0 N–H and O–H groups in total. The highest BCUT2D eigenvalue weighted by Crippen LogP contribution is 2.15. The molecule has 0 fully saturated rings. The fraction of sp³-hybridized carbons (Fsp3) is 0.700. The number of ether oxygens (including phenoxy) is 2. The summed E-state index contributed by atoms with van der Waals surface area (Å²) in [5.41, 5.74) is 0.743. The summed E-state index contributed by atoms with van der Waals surface area (Å²) in [5.74, 6) is 5.77. The molecule has 0 spiro atoms. The number of allylic oxidation sites excluding steroid dienone is 1. The van der Waals surface area contributed by atoms with Gasteiger partial charge in [0, 0.05) is 18.8 Å². The van der Waals surface area contributed by atoms with Crippen molar-refractivity contribution in [3.63, 3.8) is 0 Å². The van der Waals surface area contributed by atoms with Crippen LogP contribution in [0.5, 0.6) is 0 Å². The van der Waals surface area contributed by atoms with Gasteiger partial charge in [-0.1, -0.05) is 52.5 Å². The largest absolute Gasteiger partial charge is 0.465 e. The Morgan fingerprint density at radius 2 is 1.75 bits per heavy atom. The lowest BCUT2D eigenvalue weighted by atomic mass is 9.99. The summed E-state index contributed by atoms with van der Waals surface area (Å²) >= 11 is 0. The Morgan fingerprint density at radius 1 is 1.12 bits per heavy atom. The van der Waals surface area contributed by atoms with E-state index in [0.717, 1.165) is 18.4 Å². The zero-order valence-corrected chi connectivity index (χ0v) is 15.8. The van der Waals surface area contributed by atoms with Crippen LogP contribution in [0.1, 0.15) is 66.7 Å². The maximum atomic E-state index is 12.0. The van der Waals surface area contributed by atoms with Crippen LogP contribution >= 0.6 is 0 Å². The van der Waals surface area contributed by atoms with Gasteiger partial charge >= 0.3 is 11.9 Å². The topological polar surface area (TPSA) is 52.6 Å². The first-order valence-electron chi connectivity index (χ1n) is 8.78. The molecule has 2 atom stereocenters. The zero-order chi connectivity index (χ0) is 18.5. The van der Waals surface area contributed by atoms with Crippen molar-refractivity contribution < 1.29 is 19.1 Å². The quantitative estimate of drug-likeness (QED) is 0.441. The first-order valence-corrected chi connectivity index (χ1v) is 8.78. The van der Waals surface area contributed by atoms with E-state index < -0.39 is 6.10 Å². The molecular weight excluding hydrogens is 304 g/mol. The molecule has 0 aromatic carbocycles. The molecule has 0 aliphatic heterocycles. The Morgan fingerprint density at radius 3 is 2.29 bits per heavy atom. The van der Waals surface area contributed by atoms with Gasteiger partial charge in [0.15, 0.2) is 6.10 Å². The van der Waals surface area contributed by atoms with Gasteiger partial charge in [0.05, 0.1) is 6.61 Å². The molecule has 0 bridgehead atoms. The maximum absolute atomic E-state index is 12.0. The van der Waals surface area contributed by atoms with E-state index in [4.69, 9.17) is 9.47 Å². The first-order chi connectivity index (χ1) is 11.3. The minimum absolute atomic E-state index is 0.168. The molecule has 0 aliphatic rings. The monoisotopic (exact) mass is 336 g/mol. The van der Waals surface area contributed by atoms with Crippen molar-refractivity contribution in [2.45, 2.75) is 72.8 Å². The highest BCUT2D eigenvalue weighted by molar-refractivity contribution is 5.72. The average molecular weight is 336 g/mol. The number of carbonyl (C=O) groups is 2. The molecule has 0 aromatic rings. The number of esters is 2. The average Bonchev–Trinajstić information content (AvgIpc) is 2.49. The number of carbonyl (C=O) groups excluding carboxylic acids is 2. The van der Waals surface area contributed by atoms with Crippen LogP contribution in [0.15, 0.2) is 12.2 Å². The zero-order valence-electron chi connectivity index (χ0n) is 15.8. The Hall–Kier alpha value is -1.76. The summed E-state index contributed by atoms with van der Waals surface area (Å²) in [4.78, 5) is 23.5. The minimum Gasteiger partial charge on any atom is -0.465 e. The molecule has 2 unspecified atom stereocenters. The second-order valence-electron chi connectivity index (χ2n) is 6.66. The van der Waals surface area contributed by atoms with Gasteiger partial charge in [-0.3, -0.25) is 9.59 Å². The lowest BCUT2D eigenvalue weighted by Gasteiger charge is -2.19. The molecule has 0 amide bonds. The number of rotatable bonds is 10. The number of hydrogen-bond acceptors (Lipinski definition) is 4. The molecular formula is C20H32O4. The van der Waals surface area contributed by atoms with Gasteiger partial charge in [-0.05, 0) is 31.3 Å². The smallest absolute Gasteiger partial charge is 0.307 e. The lowest BCUT2D eigenvalue weighted by molar-refractivity contribution is -0.149. The predicted octanol–water partition coefficient (Wildman–Crippen LogP) is 4.28. The summed E-state index contributed by atoms with van der Waals surface area (Å²) in [6.07, 6.45) is 2.37. The van der Waals surface area contributed by atoms with E-state index in [1.165, 1.54) is 0 Å². The van der Waals surface area contributed by atoms with Gasteiger partial charge in [0.2, 0.25) is 0 Å². The molecule has 0 radical (unpaired) electrons. The van der Waals surface area contributed by atoms with Gasteiger partial charge in [-0.2, -0.15) is 0 Å². The Kier molecular flexibility index (Phi) is 11.7. The molecule has 0 rings (SSSR count). The minimum atomic E-state index is -0.429. The third-order valence-electron chi connectivity index (χ3n) is 3.29. The van der Waals surface area contributed by atoms with Crippen LogP contribution in [0.4, 0.5) is 0 Å². The van der Waals surface area contributed by atoms with Crippen molar-refractivity contribution in [3.8, 4) is 11.8 Å². The van der Waals surface area contributed by atoms with E-state index in [9.17, 15) is 9.59 Å². The standard InChI is InChI=1S/C20H32O4/c1-7-9-17(6)18(13-12-15(2)3)24-20(22)11-8-10-19(21)23-14-16(4)5/h16-18H,2,7-11,14H2,1,3-6H3. The van der Waals surface area contributed by atoms with E-state index in [0.29, 0.717) is 18.9 Å². The number of hydrogen-bond donors (Lipinski definition) is 0. The molecule has 0 aliphatic carbocycles. The second-order valence-corrected chi connectivity index (χ2v) is 6.66. The van der Waals surface area contributed by atoms with E-state index in [2.05, 4.69) is 25.3 Å². The van der Waals surface area contributed by atoms with Gasteiger partial charge in [-0.25, -0.2) is 0 Å². The molecule has 0 saturated heterocycles. The van der Waals surface area contributed by atoms with Gasteiger partial charge < -0.3 is 9.47 Å². The lowest BCUT2D eigenvalue weighted by Crippen LogP contribution is -2.24. The molecule has 0 saturated carbocycles. The highest BCUT2D eigenvalue weighted by Gasteiger charge is 2.19. The van der Waals surface area contributed by atoms with Crippen molar-refractivity contribution >= 4 is 11.9 Å². The fourth-order valence-electron chi connectivity index (χ4n) is 2.00. The molecule has 24 heavy (non-hydrogen) atoms. The van der Waals surface area contributed by atoms with Crippen LogP contribution in [0, 0.1) is 23.7 Å². The Labute approximate surface area is 147 Å². The fourth-order valence-corrected chi connectivity index (χ4v) is 2.00. The van der Waals surface area contributed by atoms with E-state index >= 15 is 0 Å². The second kappa shape index (κ2) is 12.6. The summed E-state index contributed by atoms with van der Waals surface area (Å²) in [6, 6.07) is 0. The SMILES string of the molecule is C=C(C)C#CC(OC(=O)CCCC(=O)OCC(C)C)C(C)CCC. The van der Waals surface area contributed by atoms with Crippen LogP contribution in [-0.2, 0) is 19.1 Å². The van der Waals surface area contributed by atoms with Crippen molar-refractivity contribution in [2.75, 3.05) is 6.61 Å². The summed E-state index contributed by atoms with van der Waals surface area (Å²) in [6.45, 7) is 14.1. The molecule has 4 heteroatoms. The Balaban J connectivity index is 4.34. The molecule has 0 heterocycles. The molecule has 0 aromatic heterocycles. The summed E-state index contributed by atoms with van der Waals surface area (Å²) in [5, 5.41) is 0. The van der Waals surface area contributed by atoms with Gasteiger partial charge in [0.25, 0.3) is 0 Å². The van der Waals surface area contributed by atoms with Crippen molar-refractivity contribution in [2.24, 2.45) is 11.8 Å². The highest BCUT2D eigenvalue weighted by atomic mass is 16.5. The van der Waals surface area contributed by atoms with Crippen molar-refractivity contribution in [1.82, 2.24) is 0 Å². The van der Waals surface area contributed by atoms with Crippen LogP contribution in [0.3, 0.4) is 0 Å². The van der Waals surface area contributed by atoms with E-state index in [1.807, 2.05) is 27.7 Å². The van der Waals surface area contributed by atoms with Gasteiger partial charge in [0.1, 0.15) is 0 Å².